The predicted octanol–water partition coefficient (Wildman–Crippen LogP) is 2.33. The molecule has 138 valence electrons. The van der Waals surface area contributed by atoms with E-state index in [1.54, 1.807) is 29.2 Å². The van der Waals surface area contributed by atoms with Gasteiger partial charge < -0.3 is 10.0 Å². The highest BCUT2D eigenvalue weighted by Gasteiger charge is 2.57. The van der Waals surface area contributed by atoms with Gasteiger partial charge in [-0.05, 0) is 37.3 Å². The van der Waals surface area contributed by atoms with Gasteiger partial charge in [0.05, 0.1) is 12.8 Å². The smallest absolute Gasteiger partial charge is 0.259 e. The second kappa shape index (κ2) is 6.16. The zero-order valence-electron chi connectivity index (χ0n) is 15.0. The second-order valence-corrected chi connectivity index (χ2v) is 7.79. The fourth-order valence-corrected chi connectivity index (χ4v) is 5.13. The monoisotopic (exact) mass is 362 g/mol. The Kier molecular flexibility index (Phi) is 3.75. The van der Waals surface area contributed by atoms with Crippen molar-refractivity contribution in [3.05, 3.63) is 66.1 Å². The van der Waals surface area contributed by atoms with Gasteiger partial charge in [-0.25, -0.2) is 9.50 Å². The molecule has 5 rings (SSSR count). The van der Waals surface area contributed by atoms with Crippen molar-refractivity contribution in [1.29, 1.82) is 0 Å². The number of rotatable bonds is 4. The summed E-state index contributed by atoms with van der Waals surface area (Å²) in [6, 6.07) is 12.3. The maximum atomic E-state index is 13.4. The highest BCUT2D eigenvalue weighted by Crippen LogP contribution is 2.51. The standard InChI is InChI=1S/C21H22N4O2/c26-14-21(11-15-5-2-1-3-6-15)12-16-7-8-18(21)25(16)20(27)17-13-23-24-10-4-9-22-19(17)24/h1-6,9-10,13,16,18,26H,7-8,11-12,14H2/t16-,18+,21-/m1/s1. The van der Waals surface area contributed by atoms with Gasteiger partial charge >= 0.3 is 0 Å². The first-order valence-corrected chi connectivity index (χ1v) is 9.48. The number of aliphatic hydroxyl groups excluding tert-OH is 1. The Morgan fingerprint density at radius 3 is 2.89 bits per heavy atom. The van der Waals surface area contributed by atoms with Crippen molar-refractivity contribution in [1.82, 2.24) is 19.5 Å². The van der Waals surface area contributed by atoms with Crippen LogP contribution in [0.1, 0.15) is 35.2 Å². The number of benzene rings is 1. The van der Waals surface area contributed by atoms with Crippen molar-refractivity contribution < 1.29 is 9.90 Å². The van der Waals surface area contributed by atoms with Crippen molar-refractivity contribution >= 4 is 11.6 Å². The third-order valence-corrected chi connectivity index (χ3v) is 6.31. The van der Waals surface area contributed by atoms with Gasteiger partial charge in [0.2, 0.25) is 0 Å². The number of aliphatic hydroxyl groups is 1. The van der Waals surface area contributed by atoms with Gasteiger partial charge in [-0.3, -0.25) is 4.79 Å². The summed E-state index contributed by atoms with van der Waals surface area (Å²) in [6.45, 7) is 0.0971. The molecule has 2 aromatic heterocycles. The zero-order chi connectivity index (χ0) is 18.4. The van der Waals surface area contributed by atoms with Gasteiger partial charge in [-0.2, -0.15) is 5.10 Å². The molecule has 1 N–H and O–H groups in total. The van der Waals surface area contributed by atoms with Crippen LogP contribution in [0.5, 0.6) is 0 Å². The van der Waals surface area contributed by atoms with E-state index in [0.29, 0.717) is 11.2 Å². The molecule has 2 fully saturated rings. The lowest BCUT2D eigenvalue weighted by Crippen LogP contribution is -2.44. The number of aromatic nitrogens is 3. The van der Waals surface area contributed by atoms with Crippen LogP contribution in [0.2, 0.25) is 0 Å². The number of amides is 1. The van der Waals surface area contributed by atoms with E-state index in [9.17, 15) is 9.90 Å². The molecule has 6 nitrogen and oxygen atoms in total. The topological polar surface area (TPSA) is 70.7 Å². The molecule has 2 aliphatic rings. The SMILES string of the molecule is O=C(c1cnn2cccnc12)N1[C@@H]2CC[C@H]1[C@](CO)(Cc1ccccc1)C2. The molecule has 6 heteroatoms. The van der Waals surface area contributed by atoms with E-state index in [1.165, 1.54) is 5.56 Å². The lowest BCUT2D eigenvalue weighted by Gasteiger charge is -2.36. The molecular formula is C21H22N4O2. The summed E-state index contributed by atoms with van der Waals surface area (Å²) in [7, 11) is 0. The maximum Gasteiger partial charge on any atom is 0.259 e. The molecular weight excluding hydrogens is 340 g/mol. The molecule has 3 aromatic rings. The fourth-order valence-electron chi connectivity index (χ4n) is 5.13. The minimum absolute atomic E-state index is 0.0143. The molecule has 0 aliphatic carbocycles. The average Bonchev–Trinajstić information content (AvgIpc) is 3.40. The van der Waals surface area contributed by atoms with E-state index in [-0.39, 0.29) is 30.0 Å². The van der Waals surface area contributed by atoms with Gasteiger partial charge in [0.1, 0.15) is 5.56 Å². The lowest BCUT2D eigenvalue weighted by atomic mass is 9.70. The minimum atomic E-state index is -0.268. The summed E-state index contributed by atoms with van der Waals surface area (Å²) >= 11 is 0. The summed E-state index contributed by atoms with van der Waals surface area (Å²) in [5.74, 6) is -0.0143. The van der Waals surface area contributed by atoms with Crippen molar-refractivity contribution in [3.8, 4) is 0 Å². The lowest BCUT2D eigenvalue weighted by molar-refractivity contribution is 0.0572. The Labute approximate surface area is 157 Å². The van der Waals surface area contributed by atoms with Crippen LogP contribution in [-0.2, 0) is 6.42 Å². The molecule has 0 unspecified atom stereocenters. The van der Waals surface area contributed by atoms with E-state index in [0.717, 1.165) is 25.7 Å². The number of nitrogens with zero attached hydrogens (tertiary/aromatic N) is 4. The second-order valence-electron chi connectivity index (χ2n) is 7.79. The summed E-state index contributed by atoms with van der Waals surface area (Å²) < 4.78 is 1.63. The summed E-state index contributed by atoms with van der Waals surface area (Å²) in [5.41, 5.74) is 2.08. The normalized spacial score (nSPS) is 26.8. The van der Waals surface area contributed by atoms with Gasteiger partial charge in [-0.15, -0.1) is 0 Å². The van der Waals surface area contributed by atoms with Crippen LogP contribution in [-0.4, -0.2) is 49.2 Å². The van der Waals surface area contributed by atoms with Gasteiger partial charge in [0.25, 0.3) is 5.91 Å². The Hall–Kier alpha value is -2.73. The van der Waals surface area contributed by atoms with Crippen LogP contribution in [0.25, 0.3) is 5.65 Å². The molecule has 2 aliphatic heterocycles. The molecule has 2 bridgehead atoms. The van der Waals surface area contributed by atoms with E-state index in [4.69, 9.17) is 0 Å². The van der Waals surface area contributed by atoms with E-state index < -0.39 is 0 Å². The highest BCUT2D eigenvalue weighted by molar-refractivity contribution is 6.00. The summed E-state index contributed by atoms with van der Waals surface area (Å²) in [6.07, 6.45) is 8.67. The van der Waals surface area contributed by atoms with Crippen LogP contribution in [0, 0.1) is 5.41 Å². The number of carbonyl (C=O) groups is 1. The largest absolute Gasteiger partial charge is 0.396 e. The molecule has 1 aromatic carbocycles. The number of fused-ring (bicyclic) bond motifs is 3. The van der Waals surface area contributed by atoms with Crippen molar-refractivity contribution in [2.45, 2.75) is 37.8 Å². The third-order valence-electron chi connectivity index (χ3n) is 6.31. The first kappa shape index (κ1) is 16.4. The average molecular weight is 362 g/mol. The molecule has 0 radical (unpaired) electrons. The number of carbonyl (C=O) groups excluding carboxylic acids is 1. The Balaban J connectivity index is 1.48. The summed E-state index contributed by atoms with van der Waals surface area (Å²) in [5, 5.41) is 14.6. The molecule has 3 atom stereocenters. The van der Waals surface area contributed by atoms with Gasteiger partial charge in [0, 0.05) is 29.9 Å². The first-order chi connectivity index (χ1) is 13.2. The van der Waals surface area contributed by atoms with E-state index >= 15 is 0 Å². The number of hydrogen-bond acceptors (Lipinski definition) is 4. The van der Waals surface area contributed by atoms with E-state index in [1.807, 2.05) is 23.1 Å². The Morgan fingerprint density at radius 2 is 2.07 bits per heavy atom. The van der Waals surface area contributed by atoms with Crippen molar-refractivity contribution in [2.75, 3.05) is 6.61 Å². The molecule has 2 saturated heterocycles. The minimum Gasteiger partial charge on any atom is -0.396 e. The van der Waals surface area contributed by atoms with Gasteiger partial charge in [0.15, 0.2) is 5.65 Å². The van der Waals surface area contributed by atoms with Crippen molar-refractivity contribution in [3.63, 3.8) is 0 Å². The van der Waals surface area contributed by atoms with Crippen LogP contribution >= 0.6 is 0 Å². The summed E-state index contributed by atoms with van der Waals surface area (Å²) in [4.78, 5) is 19.7. The Morgan fingerprint density at radius 1 is 1.22 bits per heavy atom. The van der Waals surface area contributed by atoms with Crippen molar-refractivity contribution in [2.24, 2.45) is 5.41 Å². The zero-order valence-corrected chi connectivity index (χ0v) is 15.0. The molecule has 27 heavy (non-hydrogen) atoms. The predicted molar refractivity (Wildman–Crippen MR) is 100 cm³/mol. The van der Waals surface area contributed by atoms with Crippen LogP contribution in [0.4, 0.5) is 0 Å². The number of hydrogen-bond donors (Lipinski definition) is 1. The van der Waals surface area contributed by atoms with Gasteiger partial charge in [-0.1, -0.05) is 30.3 Å². The maximum absolute atomic E-state index is 13.4. The highest BCUT2D eigenvalue weighted by atomic mass is 16.3. The van der Waals surface area contributed by atoms with Crippen LogP contribution < -0.4 is 0 Å². The molecule has 0 saturated carbocycles. The molecule has 4 heterocycles. The van der Waals surface area contributed by atoms with Crippen LogP contribution in [0.15, 0.2) is 55.0 Å². The first-order valence-electron chi connectivity index (χ1n) is 9.48. The third kappa shape index (κ3) is 2.47. The molecule has 0 spiro atoms. The quantitative estimate of drug-likeness (QED) is 0.773. The Bertz CT molecular complexity index is 986. The molecule has 1 amide bonds. The van der Waals surface area contributed by atoms with Crippen LogP contribution in [0.3, 0.4) is 0 Å². The fraction of sp³-hybridized carbons (Fsp3) is 0.381. The van der Waals surface area contributed by atoms with E-state index in [2.05, 4.69) is 22.2 Å².